The zero-order valence-electron chi connectivity index (χ0n) is 12.9. The normalized spacial score (nSPS) is 13.5. The summed E-state index contributed by atoms with van der Waals surface area (Å²) in [7, 11) is 0. The van der Waals surface area contributed by atoms with E-state index in [2.05, 4.69) is 17.4 Å². The molecule has 2 aromatic rings. The maximum absolute atomic E-state index is 12.0. The van der Waals surface area contributed by atoms with Crippen molar-refractivity contribution in [3.05, 3.63) is 60.1 Å². The average Bonchev–Trinajstić information content (AvgIpc) is 3.07. The van der Waals surface area contributed by atoms with Gasteiger partial charge < -0.3 is 14.8 Å². The highest BCUT2D eigenvalue weighted by atomic mass is 16.4. The molecule has 0 bridgehead atoms. The number of amides is 1. The maximum Gasteiger partial charge on any atom is 0.222 e. The van der Waals surface area contributed by atoms with Crippen LogP contribution < -0.4 is 5.32 Å². The van der Waals surface area contributed by atoms with E-state index in [4.69, 9.17) is 4.42 Å². The van der Waals surface area contributed by atoms with Crippen molar-refractivity contribution in [1.82, 2.24) is 5.32 Å². The number of carbonyl (C=O) groups is 1. The van der Waals surface area contributed by atoms with Gasteiger partial charge in [0.25, 0.3) is 0 Å². The van der Waals surface area contributed by atoms with Crippen molar-refractivity contribution in [2.75, 3.05) is 6.54 Å². The van der Waals surface area contributed by atoms with Crippen molar-refractivity contribution in [2.24, 2.45) is 5.92 Å². The Morgan fingerprint density at radius 2 is 2.00 bits per heavy atom. The number of nitrogens with one attached hydrogen (secondary N) is 1. The summed E-state index contributed by atoms with van der Waals surface area (Å²) in [6.07, 6.45) is 3.49. The van der Waals surface area contributed by atoms with E-state index in [9.17, 15) is 9.90 Å². The first-order valence-corrected chi connectivity index (χ1v) is 7.70. The Hall–Kier alpha value is -2.07. The van der Waals surface area contributed by atoms with Gasteiger partial charge in [0.05, 0.1) is 12.8 Å². The van der Waals surface area contributed by atoms with Crippen LogP contribution in [0.2, 0.25) is 0 Å². The first kappa shape index (κ1) is 16.3. The summed E-state index contributed by atoms with van der Waals surface area (Å²) in [5.41, 5.74) is 1.29. The monoisotopic (exact) mass is 301 g/mol. The minimum Gasteiger partial charge on any atom is -0.467 e. The average molecular weight is 301 g/mol. The molecule has 1 aromatic carbocycles. The predicted molar refractivity (Wildman–Crippen MR) is 85.2 cm³/mol. The Labute approximate surface area is 131 Å². The molecule has 0 saturated carbocycles. The van der Waals surface area contributed by atoms with Crippen molar-refractivity contribution in [1.29, 1.82) is 0 Å². The molecule has 118 valence electrons. The highest BCUT2D eigenvalue weighted by Crippen LogP contribution is 2.13. The van der Waals surface area contributed by atoms with Crippen molar-refractivity contribution in [3.8, 4) is 0 Å². The number of aliphatic hydroxyl groups is 1. The molecule has 4 heteroatoms. The molecule has 2 atom stereocenters. The lowest BCUT2D eigenvalue weighted by Gasteiger charge is -2.14. The van der Waals surface area contributed by atoms with Crippen LogP contribution in [0.4, 0.5) is 0 Å². The molecule has 0 aliphatic heterocycles. The quantitative estimate of drug-likeness (QED) is 0.787. The first-order valence-electron chi connectivity index (χ1n) is 7.70. The van der Waals surface area contributed by atoms with Crippen LogP contribution in [0.1, 0.15) is 37.2 Å². The van der Waals surface area contributed by atoms with Crippen LogP contribution in [0.15, 0.2) is 53.1 Å². The van der Waals surface area contributed by atoms with E-state index in [1.54, 1.807) is 12.1 Å². The molecule has 22 heavy (non-hydrogen) atoms. The van der Waals surface area contributed by atoms with Gasteiger partial charge in [-0.25, -0.2) is 0 Å². The summed E-state index contributed by atoms with van der Waals surface area (Å²) in [4.78, 5) is 12.0. The smallest absolute Gasteiger partial charge is 0.222 e. The van der Waals surface area contributed by atoms with Crippen LogP contribution in [-0.4, -0.2) is 17.6 Å². The first-order chi connectivity index (χ1) is 10.7. The van der Waals surface area contributed by atoms with Gasteiger partial charge in [-0.1, -0.05) is 37.3 Å². The number of hydrogen-bond donors (Lipinski definition) is 2. The second-order valence-corrected chi connectivity index (χ2v) is 5.56. The molecule has 0 aliphatic rings. The van der Waals surface area contributed by atoms with Gasteiger partial charge in [-0.3, -0.25) is 4.79 Å². The van der Waals surface area contributed by atoms with Crippen LogP contribution in [-0.2, 0) is 11.2 Å². The molecule has 2 N–H and O–H groups in total. The fourth-order valence-electron chi connectivity index (χ4n) is 2.34. The Morgan fingerprint density at radius 1 is 1.23 bits per heavy atom. The Morgan fingerprint density at radius 3 is 2.68 bits per heavy atom. The molecule has 4 nitrogen and oxygen atoms in total. The number of aliphatic hydroxyl groups excluding tert-OH is 1. The summed E-state index contributed by atoms with van der Waals surface area (Å²) in [5.74, 6) is 0.378. The van der Waals surface area contributed by atoms with Crippen LogP contribution in [0.3, 0.4) is 0 Å². The van der Waals surface area contributed by atoms with Gasteiger partial charge in [-0.05, 0) is 37.0 Å². The SMILES string of the molecule is CC(CCCc1ccccc1)C(=O)NCC(O)c1ccco1. The third-order valence-electron chi connectivity index (χ3n) is 3.73. The lowest BCUT2D eigenvalue weighted by Crippen LogP contribution is -2.32. The van der Waals surface area contributed by atoms with E-state index in [0.29, 0.717) is 5.76 Å². The number of aryl methyl sites for hydroxylation is 1. The summed E-state index contributed by atoms with van der Waals surface area (Å²) in [6.45, 7) is 2.09. The number of benzene rings is 1. The summed E-state index contributed by atoms with van der Waals surface area (Å²) < 4.78 is 5.10. The second-order valence-electron chi connectivity index (χ2n) is 5.56. The van der Waals surface area contributed by atoms with E-state index in [0.717, 1.165) is 19.3 Å². The van der Waals surface area contributed by atoms with E-state index in [-0.39, 0.29) is 18.4 Å². The van der Waals surface area contributed by atoms with Gasteiger partial charge >= 0.3 is 0 Å². The van der Waals surface area contributed by atoms with Gasteiger partial charge in [0.15, 0.2) is 0 Å². The maximum atomic E-state index is 12.0. The van der Waals surface area contributed by atoms with E-state index >= 15 is 0 Å². The van der Waals surface area contributed by atoms with Crippen molar-refractivity contribution < 1.29 is 14.3 Å². The number of rotatable bonds is 8. The topological polar surface area (TPSA) is 62.5 Å². The van der Waals surface area contributed by atoms with Crippen molar-refractivity contribution >= 4 is 5.91 Å². The summed E-state index contributed by atoms with van der Waals surface area (Å²) >= 11 is 0. The lowest BCUT2D eigenvalue weighted by molar-refractivity contribution is -0.125. The van der Waals surface area contributed by atoms with E-state index < -0.39 is 6.10 Å². The number of hydrogen-bond acceptors (Lipinski definition) is 3. The van der Waals surface area contributed by atoms with Crippen LogP contribution in [0.5, 0.6) is 0 Å². The molecule has 0 radical (unpaired) electrons. The molecule has 2 rings (SSSR count). The molecule has 1 heterocycles. The molecule has 0 aliphatic carbocycles. The number of furan rings is 1. The van der Waals surface area contributed by atoms with Gasteiger partial charge in [0, 0.05) is 5.92 Å². The highest BCUT2D eigenvalue weighted by Gasteiger charge is 2.16. The molecule has 0 spiro atoms. The Bertz CT molecular complexity index is 551. The van der Waals surface area contributed by atoms with Gasteiger partial charge in [0.2, 0.25) is 5.91 Å². The molecule has 0 fully saturated rings. The number of carbonyl (C=O) groups excluding carboxylic acids is 1. The van der Waals surface area contributed by atoms with Crippen molar-refractivity contribution in [2.45, 2.75) is 32.3 Å². The molecule has 2 unspecified atom stereocenters. The molecule has 1 amide bonds. The molecule has 1 aromatic heterocycles. The third-order valence-corrected chi connectivity index (χ3v) is 3.73. The largest absolute Gasteiger partial charge is 0.467 e. The second kappa shape index (κ2) is 8.39. The molecular formula is C18H23NO3. The van der Waals surface area contributed by atoms with E-state index in [1.165, 1.54) is 11.8 Å². The fraction of sp³-hybridized carbons (Fsp3) is 0.389. The summed E-state index contributed by atoms with van der Waals surface area (Å²) in [6, 6.07) is 13.7. The van der Waals surface area contributed by atoms with Gasteiger partial charge in [0.1, 0.15) is 11.9 Å². The third kappa shape index (κ3) is 5.04. The zero-order chi connectivity index (χ0) is 15.8. The van der Waals surface area contributed by atoms with Crippen molar-refractivity contribution in [3.63, 3.8) is 0 Å². The minimum atomic E-state index is -0.796. The highest BCUT2D eigenvalue weighted by molar-refractivity contribution is 5.78. The predicted octanol–water partition coefficient (Wildman–Crippen LogP) is 3.09. The standard InChI is InChI=1S/C18H23NO3/c1-14(7-5-10-15-8-3-2-4-9-15)18(21)19-13-16(20)17-11-6-12-22-17/h2-4,6,8-9,11-12,14,16,20H,5,7,10,13H2,1H3,(H,19,21). The lowest BCUT2D eigenvalue weighted by atomic mass is 10.0. The van der Waals surface area contributed by atoms with Gasteiger partial charge in [-0.2, -0.15) is 0 Å². The summed E-state index contributed by atoms with van der Waals surface area (Å²) in [5, 5.41) is 12.6. The Kier molecular flexibility index (Phi) is 6.22. The zero-order valence-corrected chi connectivity index (χ0v) is 12.9. The van der Waals surface area contributed by atoms with Crippen LogP contribution in [0.25, 0.3) is 0 Å². The fourth-order valence-corrected chi connectivity index (χ4v) is 2.34. The van der Waals surface area contributed by atoms with Crippen LogP contribution in [0, 0.1) is 5.92 Å². The van der Waals surface area contributed by atoms with E-state index in [1.807, 2.05) is 25.1 Å². The van der Waals surface area contributed by atoms with Crippen LogP contribution >= 0.6 is 0 Å². The minimum absolute atomic E-state index is 0.0290. The molecular weight excluding hydrogens is 278 g/mol. The molecule has 0 saturated heterocycles. The van der Waals surface area contributed by atoms with Gasteiger partial charge in [-0.15, -0.1) is 0 Å². The Balaban J connectivity index is 1.66.